The summed E-state index contributed by atoms with van der Waals surface area (Å²) in [6.45, 7) is 3.41. The number of amides is 1. The maximum atomic E-state index is 11.6. The third-order valence-electron chi connectivity index (χ3n) is 2.86. The Kier molecular flexibility index (Phi) is 6.22. The zero-order chi connectivity index (χ0) is 16.7. The first kappa shape index (κ1) is 17.1. The number of anilines is 1. The second-order valence-electron chi connectivity index (χ2n) is 4.94. The Morgan fingerprint density at radius 1 is 1.26 bits per heavy atom. The average molecular weight is 334 g/mol. The van der Waals surface area contributed by atoms with Crippen LogP contribution in [0.1, 0.15) is 17.7 Å². The van der Waals surface area contributed by atoms with E-state index in [0.29, 0.717) is 17.3 Å². The molecule has 0 fully saturated rings. The van der Waals surface area contributed by atoms with Gasteiger partial charge in [0, 0.05) is 16.7 Å². The van der Waals surface area contributed by atoms with Gasteiger partial charge in [-0.05, 0) is 26.0 Å². The number of ether oxygens (including phenoxy) is 1. The van der Waals surface area contributed by atoms with Gasteiger partial charge in [0.05, 0.1) is 6.42 Å². The first-order chi connectivity index (χ1) is 11.0. The number of aryl methyl sites for hydroxylation is 2. The molecule has 0 radical (unpaired) electrons. The summed E-state index contributed by atoms with van der Waals surface area (Å²) < 4.78 is 9.74. The summed E-state index contributed by atoms with van der Waals surface area (Å²) >= 11 is 1.57. The molecule has 0 aliphatic rings. The van der Waals surface area contributed by atoms with Crippen LogP contribution in [0.2, 0.25) is 0 Å². The highest BCUT2D eigenvalue weighted by molar-refractivity contribution is 7.99. The molecule has 2 aromatic rings. The number of aromatic nitrogens is 1. The van der Waals surface area contributed by atoms with Gasteiger partial charge in [0.2, 0.25) is 0 Å². The van der Waals surface area contributed by atoms with Crippen LogP contribution in [0.4, 0.5) is 5.82 Å². The summed E-state index contributed by atoms with van der Waals surface area (Å²) in [6.07, 6.45) is 0.245. The molecule has 1 aromatic carbocycles. The monoisotopic (exact) mass is 334 g/mol. The molecule has 0 spiro atoms. The maximum Gasteiger partial charge on any atom is 0.307 e. The van der Waals surface area contributed by atoms with Crippen molar-refractivity contribution >= 4 is 29.5 Å². The lowest BCUT2D eigenvalue weighted by Crippen LogP contribution is -2.21. The molecule has 122 valence electrons. The number of carbonyl (C=O) groups is 2. The number of hydrogen-bond donors (Lipinski definition) is 1. The Morgan fingerprint density at radius 2 is 2.00 bits per heavy atom. The maximum absolute atomic E-state index is 11.6. The van der Waals surface area contributed by atoms with E-state index in [2.05, 4.69) is 10.5 Å². The van der Waals surface area contributed by atoms with Gasteiger partial charge in [-0.2, -0.15) is 0 Å². The van der Waals surface area contributed by atoms with E-state index in [-0.39, 0.29) is 13.0 Å². The highest BCUT2D eigenvalue weighted by Crippen LogP contribution is 2.19. The molecule has 23 heavy (non-hydrogen) atoms. The third kappa shape index (κ3) is 6.15. The number of nitrogens with zero attached hydrogens (tertiary/aromatic N) is 1. The molecular formula is C16H18N2O4S. The van der Waals surface area contributed by atoms with Gasteiger partial charge < -0.3 is 14.6 Å². The molecule has 2 rings (SSSR count). The predicted molar refractivity (Wildman–Crippen MR) is 87.3 cm³/mol. The number of thioether (sulfide) groups is 1. The van der Waals surface area contributed by atoms with Crippen LogP contribution < -0.4 is 5.32 Å². The second-order valence-corrected chi connectivity index (χ2v) is 6.11. The van der Waals surface area contributed by atoms with E-state index < -0.39 is 11.9 Å². The Hall–Kier alpha value is -2.28. The normalized spacial score (nSPS) is 10.3. The predicted octanol–water partition coefficient (Wildman–Crippen LogP) is 2.96. The fourth-order valence-electron chi connectivity index (χ4n) is 1.71. The standard InChI is InChI=1S/C16H18N2O4S/c1-11-3-5-13(6-4-11)23-8-7-16(20)21-10-15(19)17-14-9-12(2)22-18-14/h3-6,9H,7-8,10H2,1-2H3,(H,17,18,19). The van der Waals surface area contributed by atoms with Crippen LogP contribution in [0.3, 0.4) is 0 Å². The SMILES string of the molecule is Cc1ccc(SCCC(=O)OCC(=O)Nc2cc(C)on2)cc1. The highest BCUT2D eigenvalue weighted by atomic mass is 32.2. The second kappa shape index (κ2) is 8.38. The van der Waals surface area contributed by atoms with Crippen LogP contribution in [0, 0.1) is 13.8 Å². The number of benzene rings is 1. The summed E-state index contributed by atoms with van der Waals surface area (Å²) in [6, 6.07) is 9.66. The molecule has 0 unspecified atom stereocenters. The van der Waals surface area contributed by atoms with Crippen molar-refractivity contribution in [1.82, 2.24) is 5.16 Å². The minimum absolute atomic E-state index is 0.245. The van der Waals surface area contributed by atoms with Gasteiger partial charge in [-0.3, -0.25) is 9.59 Å². The third-order valence-corrected chi connectivity index (χ3v) is 3.87. The van der Waals surface area contributed by atoms with Crippen molar-refractivity contribution in [2.24, 2.45) is 0 Å². The van der Waals surface area contributed by atoms with Crippen LogP contribution in [-0.2, 0) is 14.3 Å². The number of hydrogen-bond acceptors (Lipinski definition) is 6. The topological polar surface area (TPSA) is 81.4 Å². The van der Waals surface area contributed by atoms with Crippen molar-refractivity contribution < 1.29 is 18.8 Å². The largest absolute Gasteiger partial charge is 0.456 e. The van der Waals surface area contributed by atoms with E-state index in [0.717, 1.165) is 4.90 Å². The van der Waals surface area contributed by atoms with Crippen molar-refractivity contribution in [3.05, 3.63) is 41.7 Å². The van der Waals surface area contributed by atoms with Crippen LogP contribution in [0.25, 0.3) is 0 Å². The lowest BCUT2D eigenvalue weighted by atomic mass is 10.2. The molecule has 0 aliphatic carbocycles. The average Bonchev–Trinajstić information content (AvgIpc) is 2.92. The summed E-state index contributed by atoms with van der Waals surface area (Å²) in [7, 11) is 0. The van der Waals surface area contributed by atoms with Gasteiger partial charge in [0.25, 0.3) is 5.91 Å². The first-order valence-corrected chi connectivity index (χ1v) is 8.10. The molecule has 6 nitrogen and oxygen atoms in total. The van der Waals surface area contributed by atoms with Gasteiger partial charge in [-0.1, -0.05) is 22.9 Å². The highest BCUT2D eigenvalue weighted by Gasteiger charge is 2.10. The Bertz CT molecular complexity index is 667. The quantitative estimate of drug-likeness (QED) is 0.619. The summed E-state index contributed by atoms with van der Waals surface area (Å²) in [4.78, 5) is 24.3. The van der Waals surface area contributed by atoms with Gasteiger partial charge in [-0.25, -0.2) is 0 Å². The van der Waals surface area contributed by atoms with Crippen molar-refractivity contribution in [3.8, 4) is 0 Å². The van der Waals surface area contributed by atoms with E-state index >= 15 is 0 Å². The lowest BCUT2D eigenvalue weighted by molar-refractivity contribution is -0.146. The fraction of sp³-hybridized carbons (Fsp3) is 0.312. The summed E-state index contributed by atoms with van der Waals surface area (Å²) in [5.41, 5.74) is 1.20. The van der Waals surface area contributed by atoms with Gasteiger partial charge in [-0.15, -0.1) is 11.8 Å². The zero-order valence-corrected chi connectivity index (χ0v) is 13.8. The minimum Gasteiger partial charge on any atom is -0.456 e. The zero-order valence-electron chi connectivity index (χ0n) is 13.0. The number of rotatable bonds is 7. The molecule has 0 bridgehead atoms. The molecule has 1 N–H and O–H groups in total. The Labute approximate surface area is 138 Å². The van der Waals surface area contributed by atoms with Crippen LogP contribution in [0.5, 0.6) is 0 Å². The van der Waals surface area contributed by atoms with Crippen LogP contribution in [-0.4, -0.2) is 29.4 Å². The number of esters is 1. The van der Waals surface area contributed by atoms with Crippen molar-refractivity contribution in [2.75, 3.05) is 17.7 Å². The van der Waals surface area contributed by atoms with E-state index in [1.165, 1.54) is 5.56 Å². The molecule has 7 heteroatoms. The van der Waals surface area contributed by atoms with E-state index in [9.17, 15) is 9.59 Å². The van der Waals surface area contributed by atoms with E-state index in [1.807, 2.05) is 31.2 Å². The molecule has 1 amide bonds. The van der Waals surface area contributed by atoms with E-state index in [1.54, 1.807) is 24.8 Å². The molecule has 0 saturated heterocycles. The smallest absolute Gasteiger partial charge is 0.307 e. The molecule has 0 aliphatic heterocycles. The molecular weight excluding hydrogens is 316 g/mol. The molecule has 0 saturated carbocycles. The summed E-state index contributed by atoms with van der Waals surface area (Å²) in [5, 5.41) is 6.10. The van der Waals surface area contributed by atoms with Crippen LogP contribution in [0.15, 0.2) is 39.8 Å². The van der Waals surface area contributed by atoms with Gasteiger partial charge in [0.1, 0.15) is 5.76 Å². The molecule has 1 aromatic heterocycles. The van der Waals surface area contributed by atoms with Crippen LogP contribution >= 0.6 is 11.8 Å². The van der Waals surface area contributed by atoms with Gasteiger partial charge in [0.15, 0.2) is 12.4 Å². The van der Waals surface area contributed by atoms with Crippen molar-refractivity contribution in [2.45, 2.75) is 25.2 Å². The Balaban J connectivity index is 1.62. The molecule has 0 atom stereocenters. The first-order valence-electron chi connectivity index (χ1n) is 7.11. The Morgan fingerprint density at radius 3 is 2.65 bits per heavy atom. The number of carbonyl (C=O) groups excluding carboxylic acids is 2. The fourth-order valence-corrected chi connectivity index (χ4v) is 2.54. The summed E-state index contributed by atoms with van der Waals surface area (Å²) in [5.74, 6) is 0.643. The van der Waals surface area contributed by atoms with E-state index in [4.69, 9.17) is 9.26 Å². The molecule has 1 heterocycles. The van der Waals surface area contributed by atoms with Crippen molar-refractivity contribution in [1.29, 1.82) is 0 Å². The lowest BCUT2D eigenvalue weighted by Gasteiger charge is -2.05. The van der Waals surface area contributed by atoms with Gasteiger partial charge >= 0.3 is 5.97 Å². The minimum atomic E-state index is -0.446. The van der Waals surface area contributed by atoms with Crippen molar-refractivity contribution in [3.63, 3.8) is 0 Å². The number of nitrogens with one attached hydrogen (secondary N) is 1.